The maximum absolute atomic E-state index is 14.2. The molecule has 5 heteroatoms. The summed E-state index contributed by atoms with van der Waals surface area (Å²) in [5, 5.41) is 18.0. The Balaban J connectivity index is 2.74. The number of carboxylic acids is 1. The predicted molar refractivity (Wildman–Crippen MR) is 70.1 cm³/mol. The summed E-state index contributed by atoms with van der Waals surface area (Å²) in [5.41, 5.74) is 0.253. The number of hydrogen-bond donors (Lipinski definition) is 1. The summed E-state index contributed by atoms with van der Waals surface area (Å²) in [7, 11) is 1.32. The number of ether oxygens (including phenoxy) is 1. The van der Waals surface area contributed by atoms with Crippen LogP contribution < -0.4 is 4.74 Å². The second-order valence-corrected chi connectivity index (χ2v) is 3.97. The van der Waals surface area contributed by atoms with E-state index in [1.807, 2.05) is 0 Å². The van der Waals surface area contributed by atoms with Gasteiger partial charge in [0.15, 0.2) is 0 Å². The van der Waals surface area contributed by atoms with E-state index < -0.39 is 11.8 Å². The number of carboxylic acid groups (broad SMARTS) is 1. The van der Waals surface area contributed by atoms with E-state index in [0.717, 1.165) is 0 Å². The fraction of sp³-hybridized carbons (Fsp3) is 0.0667. The Morgan fingerprint density at radius 2 is 1.90 bits per heavy atom. The average molecular weight is 271 g/mol. The SMILES string of the molecule is COc1c(C(=O)O)cccc1-c1cccc(C#N)c1F. The number of carbonyl (C=O) groups is 1. The summed E-state index contributed by atoms with van der Waals surface area (Å²) in [4.78, 5) is 11.1. The zero-order valence-corrected chi connectivity index (χ0v) is 10.6. The molecule has 2 rings (SSSR count). The van der Waals surface area contributed by atoms with E-state index in [9.17, 15) is 9.18 Å². The molecule has 0 aliphatic heterocycles. The van der Waals surface area contributed by atoms with Crippen LogP contribution in [0.5, 0.6) is 5.75 Å². The van der Waals surface area contributed by atoms with E-state index >= 15 is 0 Å². The molecule has 20 heavy (non-hydrogen) atoms. The van der Waals surface area contributed by atoms with Gasteiger partial charge in [0.05, 0.1) is 12.7 Å². The van der Waals surface area contributed by atoms with E-state index in [1.165, 1.54) is 37.4 Å². The van der Waals surface area contributed by atoms with Crippen molar-refractivity contribution in [3.05, 3.63) is 53.3 Å². The van der Waals surface area contributed by atoms with Crippen LogP contribution in [0.3, 0.4) is 0 Å². The van der Waals surface area contributed by atoms with Crippen LogP contribution >= 0.6 is 0 Å². The van der Waals surface area contributed by atoms with Gasteiger partial charge < -0.3 is 9.84 Å². The first-order valence-corrected chi connectivity index (χ1v) is 5.69. The Bertz CT molecular complexity index is 720. The highest BCUT2D eigenvalue weighted by Crippen LogP contribution is 2.35. The van der Waals surface area contributed by atoms with Gasteiger partial charge in [0.1, 0.15) is 23.2 Å². The van der Waals surface area contributed by atoms with Crippen molar-refractivity contribution in [1.82, 2.24) is 0 Å². The van der Waals surface area contributed by atoms with Gasteiger partial charge in [0, 0.05) is 11.1 Å². The van der Waals surface area contributed by atoms with E-state index in [2.05, 4.69) is 0 Å². The number of hydrogen-bond acceptors (Lipinski definition) is 3. The van der Waals surface area contributed by atoms with Gasteiger partial charge in [-0.1, -0.05) is 24.3 Å². The minimum absolute atomic E-state index is 0.0632. The lowest BCUT2D eigenvalue weighted by Crippen LogP contribution is -2.02. The van der Waals surface area contributed by atoms with Gasteiger partial charge in [-0.25, -0.2) is 9.18 Å². The largest absolute Gasteiger partial charge is 0.495 e. The Hall–Kier alpha value is -2.87. The molecule has 2 aromatic carbocycles. The zero-order chi connectivity index (χ0) is 14.7. The van der Waals surface area contributed by atoms with Gasteiger partial charge in [-0.2, -0.15) is 5.26 Å². The van der Waals surface area contributed by atoms with Crippen molar-refractivity contribution in [3.8, 4) is 22.9 Å². The molecular weight excluding hydrogens is 261 g/mol. The molecule has 1 N–H and O–H groups in total. The lowest BCUT2D eigenvalue weighted by molar-refractivity contribution is 0.0693. The number of halogens is 1. The molecule has 0 aromatic heterocycles. The van der Waals surface area contributed by atoms with Crippen molar-refractivity contribution in [1.29, 1.82) is 5.26 Å². The lowest BCUT2D eigenvalue weighted by atomic mass is 9.99. The maximum Gasteiger partial charge on any atom is 0.339 e. The molecule has 0 aliphatic carbocycles. The van der Waals surface area contributed by atoms with Crippen LogP contribution in [-0.2, 0) is 0 Å². The number of rotatable bonds is 3. The zero-order valence-electron chi connectivity index (χ0n) is 10.6. The van der Waals surface area contributed by atoms with Crippen molar-refractivity contribution in [3.63, 3.8) is 0 Å². The van der Waals surface area contributed by atoms with Crippen molar-refractivity contribution >= 4 is 5.97 Å². The fourth-order valence-corrected chi connectivity index (χ4v) is 1.96. The maximum atomic E-state index is 14.2. The standard InChI is InChI=1S/C15H10FNO3/c1-20-14-11(6-3-7-12(14)15(18)19)10-5-2-4-9(8-17)13(10)16/h2-7H,1H3,(H,18,19). The van der Waals surface area contributed by atoms with Crippen molar-refractivity contribution in [2.75, 3.05) is 7.11 Å². The first-order chi connectivity index (χ1) is 9.60. The minimum Gasteiger partial charge on any atom is -0.495 e. The molecule has 0 heterocycles. The van der Waals surface area contributed by atoms with Crippen LogP contribution in [0.4, 0.5) is 4.39 Å². The van der Waals surface area contributed by atoms with Crippen LogP contribution in [-0.4, -0.2) is 18.2 Å². The second kappa shape index (κ2) is 5.41. The van der Waals surface area contributed by atoms with Crippen molar-refractivity contribution < 1.29 is 19.0 Å². The third-order valence-electron chi connectivity index (χ3n) is 2.86. The average Bonchev–Trinajstić information content (AvgIpc) is 2.46. The molecule has 0 spiro atoms. The normalized spacial score (nSPS) is 9.85. The Morgan fingerprint density at radius 3 is 2.50 bits per heavy atom. The highest BCUT2D eigenvalue weighted by Gasteiger charge is 2.19. The molecule has 0 fully saturated rings. The van der Waals surface area contributed by atoms with Gasteiger partial charge in [-0.05, 0) is 12.1 Å². The molecule has 0 amide bonds. The summed E-state index contributed by atoms with van der Waals surface area (Å²) >= 11 is 0. The summed E-state index contributed by atoms with van der Waals surface area (Å²) in [6.07, 6.45) is 0. The highest BCUT2D eigenvalue weighted by atomic mass is 19.1. The van der Waals surface area contributed by atoms with Crippen molar-refractivity contribution in [2.24, 2.45) is 0 Å². The van der Waals surface area contributed by atoms with Gasteiger partial charge in [-0.15, -0.1) is 0 Å². The highest BCUT2D eigenvalue weighted by molar-refractivity contribution is 5.94. The Kier molecular flexibility index (Phi) is 3.67. The molecule has 0 unspecified atom stereocenters. The topological polar surface area (TPSA) is 70.3 Å². The molecule has 0 radical (unpaired) electrons. The third kappa shape index (κ3) is 2.19. The summed E-state index contributed by atoms with van der Waals surface area (Å²) in [5.74, 6) is -1.80. The Labute approximate surface area is 114 Å². The summed E-state index contributed by atoms with van der Waals surface area (Å²) in [6, 6.07) is 10.5. The van der Waals surface area contributed by atoms with Gasteiger partial charge in [-0.3, -0.25) is 0 Å². The minimum atomic E-state index is -1.17. The number of nitriles is 1. The molecule has 2 aromatic rings. The first kappa shape index (κ1) is 13.6. The molecule has 0 saturated heterocycles. The molecular formula is C15H10FNO3. The second-order valence-electron chi connectivity index (χ2n) is 3.97. The van der Waals surface area contributed by atoms with Crippen molar-refractivity contribution in [2.45, 2.75) is 0 Å². The van der Waals surface area contributed by atoms with Crippen LogP contribution in [0.1, 0.15) is 15.9 Å². The number of benzene rings is 2. The molecule has 0 bridgehead atoms. The van der Waals surface area contributed by atoms with Crippen LogP contribution in [0, 0.1) is 17.1 Å². The van der Waals surface area contributed by atoms with Gasteiger partial charge in [0.2, 0.25) is 0 Å². The van der Waals surface area contributed by atoms with E-state index in [4.69, 9.17) is 15.1 Å². The molecule has 0 aliphatic rings. The molecule has 0 atom stereocenters. The van der Waals surface area contributed by atoms with Crippen LogP contribution in [0.25, 0.3) is 11.1 Å². The van der Waals surface area contributed by atoms with Crippen LogP contribution in [0.2, 0.25) is 0 Å². The monoisotopic (exact) mass is 271 g/mol. The third-order valence-corrected chi connectivity index (χ3v) is 2.86. The smallest absolute Gasteiger partial charge is 0.339 e. The molecule has 0 saturated carbocycles. The quantitative estimate of drug-likeness (QED) is 0.931. The lowest BCUT2D eigenvalue weighted by Gasteiger charge is -2.12. The fourth-order valence-electron chi connectivity index (χ4n) is 1.96. The summed E-state index contributed by atoms with van der Waals surface area (Å²) < 4.78 is 19.3. The number of nitrogens with zero attached hydrogens (tertiary/aromatic N) is 1. The summed E-state index contributed by atoms with van der Waals surface area (Å²) in [6.45, 7) is 0. The van der Waals surface area contributed by atoms with Gasteiger partial charge >= 0.3 is 5.97 Å². The number of para-hydroxylation sites is 1. The first-order valence-electron chi connectivity index (χ1n) is 5.69. The number of aromatic carboxylic acids is 1. The van der Waals surface area contributed by atoms with E-state index in [-0.39, 0.29) is 22.4 Å². The van der Waals surface area contributed by atoms with Gasteiger partial charge in [0.25, 0.3) is 0 Å². The molecule has 4 nitrogen and oxygen atoms in total. The Morgan fingerprint density at radius 1 is 1.25 bits per heavy atom. The molecule has 100 valence electrons. The van der Waals surface area contributed by atoms with Crippen LogP contribution in [0.15, 0.2) is 36.4 Å². The predicted octanol–water partition coefficient (Wildman–Crippen LogP) is 3.07. The van der Waals surface area contributed by atoms with E-state index in [1.54, 1.807) is 12.1 Å². The number of methoxy groups -OCH3 is 1. The van der Waals surface area contributed by atoms with E-state index in [0.29, 0.717) is 5.56 Å².